The lowest BCUT2D eigenvalue weighted by atomic mass is 9.33. The van der Waals surface area contributed by atoms with E-state index in [1.54, 1.807) is 6.92 Å². The molecule has 16 N–H and O–H groups in total. The molecule has 1 spiro atoms. The summed E-state index contributed by atoms with van der Waals surface area (Å²) < 4.78 is 72.1. The third-order valence-electron chi connectivity index (χ3n) is 24.3. The van der Waals surface area contributed by atoms with E-state index < -0.39 is 268 Å². The normalized spacial score (nSPS) is 54.8. The molecule has 11 fully saturated rings. The first kappa shape index (κ1) is 73.4. The zero-order valence-electron chi connectivity index (χ0n) is 54.7. The molecule has 35 unspecified atom stereocenters. The maximum atomic E-state index is 15.7. The zero-order valence-corrected chi connectivity index (χ0v) is 54.7. The Kier molecular flexibility index (Phi) is 20.7. The van der Waals surface area contributed by atoms with Crippen LogP contribution in [0.25, 0.3) is 0 Å². The summed E-state index contributed by atoms with van der Waals surface area (Å²) in [5, 5.41) is 183. The van der Waals surface area contributed by atoms with E-state index >= 15 is 4.79 Å². The van der Waals surface area contributed by atoms with Gasteiger partial charge in [0, 0.05) is 5.41 Å². The Morgan fingerprint density at radius 3 is 1.91 bits per heavy atom. The lowest BCUT2D eigenvalue weighted by Crippen LogP contribution is -2.71. The predicted molar refractivity (Wildman–Crippen MR) is 314 cm³/mol. The van der Waals surface area contributed by atoms with Gasteiger partial charge in [-0.3, -0.25) is 14.4 Å². The fraction of sp³-hybridized carbons (Fsp3) is 0.922. The van der Waals surface area contributed by atoms with Crippen molar-refractivity contribution in [2.45, 2.75) is 285 Å². The van der Waals surface area contributed by atoms with Crippen molar-refractivity contribution in [2.75, 3.05) is 33.0 Å². The molecule has 7 saturated heterocycles. The predicted octanol–water partition coefficient (Wildman–Crippen LogP) is -4.34. The number of allylic oxidation sites excluding steroid dienone is 2. The van der Waals surface area contributed by atoms with Crippen molar-refractivity contribution in [1.29, 1.82) is 0 Å². The van der Waals surface area contributed by atoms with Gasteiger partial charge in [0.2, 0.25) is 6.29 Å². The number of ether oxygens (including phenoxy) is 12. The molecular weight excluding hydrogens is 1260 g/mol. The molecule has 35 atom stereocenters. The topological polar surface area (TPSA) is 486 Å². The summed E-state index contributed by atoms with van der Waals surface area (Å²) in [6.45, 7) is 11.1. The van der Waals surface area contributed by atoms with E-state index in [1.165, 1.54) is 6.92 Å². The molecule has 31 heteroatoms. The molecule has 31 nitrogen and oxygen atoms in total. The lowest BCUT2D eigenvalue weighted by Gasteiger charge is -2.72. The molecule has 12 bridgehead atoms. The van der Waals surface area contributed by atoms with Crippen LogP contribution < -0.4 is 0 Å². The number of carbonyl (C=O) groups excluding carboxylic acids is 3. The first-order valence-electron chi connectivity index (χ1n) is 33.3. The Morgan fingerprint density at radius 1 is 0.568 bits per heavy atom. The Bertz CT molecular complexity index is 2790. The third-order valence-corrected chi connectivity index (χ3v) is 24.3. The van der Waals surface area contributed by atoms with Crippen LogP contribution in [0.1, 0.15) is 120 Å². The number of aliphatic hydroxyl groups is 16. The Hall–Kier alpha value is -2.85. The molecule has 0 amide bonds. The highest BCUT2D eigenvalue weighted by molar-refractivity contribution is 5.80. The van der Waals surface area contributed by atoms with Gasteiger partial charge < -0.3 is 139 Å². The first-order valence-corrected chi connectivity index (χ1v) is 33.3. The molecule has 0 aromatic carbocycles. The van der Waals surface area contributed by atoms with Crippen LogP contribution in [0.5, 0.6) is 0 Å². The van der Waals surface area contributed by atoms with Crippen LogP contribution in [0.15, 0.2) is 11.6 Å². The van der Waals surface area contributed by atoms with E-state index in [-0.39, 0.29) is 30.6 Å². The molecular formula is C64H100O31. The molecule has 0 radical (unpaired) electrons. The maximum Gasteiger partial charge on any atom is 0.317 e. The summed E-state index contributed by atoms with van der Waals surface area (Å²) in [6.07, 6.45) is -44.3. The van der Waals surface area contributed by atoms with Gasteiger partial charge in [-0.1, -0.05) is 53.2 Å². The van der Waals surface area contributed by atoms with Crippen LogP contribution >= 0.6 is 0 Å². The largest absolute Gasteiger partial charge is 0.463 e. The van der Waals surface area contributed by atoms with Gasteiger partial charge in [-0.05, 0) is 105 Å². The summed E-state index contributed by atoms with van der Waals surface area (Å²) in [6, 6.07) is 0. The van der Waals surface area contributed by atoms with Gasteiger partial charge in [0.05, 0.1) is 69.3 Å². The van der Waals surface area contributed by atoms with E-state index in [0.29, 0.717) is 32.1 Å². The summed E-state index contributed by atoms with van der Waals surface area (Å²) in [5.74, 6) is -4.74. The Morgan fingerprint density at radius 2 is 1.22 bits per heavy atom. The van der Waals surface area contributed by atoms with Gasteiger partial charge in [-0.2, -0.15) is 0 Å². The van der Waals surface area contributed by atoms with E-state index in [0.717, 1.165) is 12.5 Å². The summed E-state index contributed by atoms with van der Waals surface area (Å²) >= 11 is 0. The average Bonchev–Trinajstić information content (AvgIpc) is 0.670. The number of hydrogen-bond donors (Lipinski definition) is 16. The van der Waals surface area contributed by atoms with Crippen molar-refractivity contribution >= 4 is 17.9 Å². The molecule has 9 heterocycles. The quantitative estimate of drug-likeness (QED) is 0.0547. The second kappa shape index (κ2) is 26.8. The molecule has 9 aliphatic heterocycles. The number of hydrogen-bond acceptors (Lipinski definition) is 31. The smallest absolute Gasteiger partial charge is 0.317 e. The van der Waals surface area contributed by atoms with Crippen LogP contribution in [0.3, 0.4) is 0 Å². The molecule has 0 aromatic rings. The van der Waals surface area contributed by atoms with Crippen LogP contribution in [0.4, 0.5) is 0 Å². The second-order valence-electron chi connectivity index (χ2n) is 31.1. The van der Waals surface area contributed by atoms with Gasteiger partial charge in [-0.25, -0.2) is 0 Å². The molecule has 5 aliphatic carbocycles. The van der Waals surface area contributed by atoms with Crippen molar-refractivity contribution in [3.8, 4) is 0 Å². The molecule has 0 aromatic heterocycles. The summed E-state index contributed by atoms with van der Waals surface area (Å²) in [5.41, 5.74) is -7.04. The van der Waals surface area contributed by atoms with Crippen molar-refractivity contribution in [3.05, 3.63) is 11.6 Å². The average molecular weight is 1370 g/mol. The molecule has 14 rings (SSSR count). The standard InChI is InChI=1S/C64H100O31/c1-25-47-48(91-52-44(79)38(73)29(68)21-85-52)46(81)54(87-25)92-49-39(74)30(69)22-86-55(49)95-57(82)64-14-13-58(2,3)15-27(64)26-9-10-34-60(5)16-28(67)51(61(6,24-66)33(60)11-12-62(34,7)63(26,8)17-35(64)70)94-56-50(43(78)40(75)31(20-65)88-56)93-53-45(80)42(77)41(76)32(89-53)23-84-36(71)18-59(4,83)19-37(72)90-47/h9,25,27-35,38-56,65-70,73-81,83H,10-24H2,1-8H3. The van der Waals surface area contributed by atoms with Crippen LogP contribution in [-0.4, -0.2) is 298 Å². The van der Waals surface area contributed by atoms with Crippen molar-refractivity contribution < 1.29 is 153 Å². The van der Waals surface area contributed by atoms with E-state index in [4.69, 9.17) is 56.8 Å². The molecule has 4 saturated carbocycles. The van der Waals surface area contributed by atoms with Gasteiger partial charge >= 0.3 is 17.9 Å². The highest BCUT2D eigenvalue weighted by atomic mass is 16.8. The van der Waals surface area contributed by atoms with Gasteiger partial charge in [0.1, 0.15) is 104 Å². The van der Waals surface area contributed by atoms with Crippen molar-refractivity contribution in [1.82, 2.24) is 0 Å². The fourth-order valence-corrected chi connectivity index (χ4v) is 18.8. The third kappa shape index (κ3) is 12.7. The minimum Gasteiger partial charge on any atom is -0.463 e. The molecule has 95 heavy (non-hydrogen) atoms. The molecule has 542 valence electrons. The van der Waals surface area contributed by atoms with E-state index in [1.807, 2.05) is 0 Å². The SMILES string of the molecule is CC1OC2OC3C(OCC(O)C3O)OC(=O)C34CCC(C)(C)CC3C3=CCC5C6(C)CC(O)C(OC7OC(CO)C(O)C(O)C7OC7OC(COC(=O)CC(C)(O)CC(=O)OC1C(OC1OCC(O)C(O)C1O)C2O)C(O)C(O)C7O)C(C)(CO)C6CCC5(C)C3(C)CC4O. The highest BCUT2D eigenvalue weighted by Gasteiger charge is 2.73. The van der Waals surface area contributed by atoms with Gasteiger partial charge in [0.15, 0.2) is 37.4 Å². The summed E-state index contributed by atoms with van der Waals surface area (Å²) in [4.78, 5) is 43.1. The number of aliphatic hydroxyl groups excluding tert-OH is 15. The van der Waals surface area contributed by atoms with Crippen LogP contribution in [-0.2, 0) is 71.2 Å². The number of rotatable bonds is 4. The first-order chi connectivity index (χ1) is 44.4. The van der Waals surface area contributed by atoms with Crippen LogP contribution in [0.2, 0.25) is 0 Å². The van der Waals surface area contributed by atoms with E-state index in [9.17, 15) is 91.3 Å². The van der Waals surface area contributed by atoms with Gasteiger partial charge in [-0.15, -0.1) is 0 Å². The zero-order chi connectivity index (χ0) is 69.4. The maximum absolute atomic E-state index is 15.7. The van der Waals surface area contributed by atoms with Crippen molar-refractivity contribution in [3.63, 3.8) is 0 Å². The number of esters is 3. The molecule has 14 aliphatic rings. The van der Waals surface area contributed by atoms with Gasteiger partial charge in [0.25, 0.3) is 0 Å². The minimum absolute atomic E-state index is 0.0545. The number of carbonyl (C=O) groups is 3. The Labute approximate surface area is 549 Å². The highest BCUT2D eigenvalue weighted by Crippen LogP contribution is 2.76. The monoisotopic (exact) mass is 1360 g/mol. The second-order valence-corrected chi connectivity index (χ2v) is 31.1. The van der Waals surface area contributed by atoms with E-state index in [2.05, 4.69) is 40.7 Å². The minimum atomic E-state index is -2.32. The fourth-order valence-electron chi connectivity index (χ4n) is 18.8. The Balaban J connectivity index is 0.966. The summed E-state index contributed by atoms with van der Waals surface area (Å²) in [7, 11) is 0. The van der Waals surface area contributed by atoms with Crippen molar-refractivity contribution in [2.24, 2.45) is 50.2 Å². The van der Waals surface area contributed by atoms with Crippen LogP contribution in [0, 0.1) is 50.2 Å². The lowest BCUT2D eigenvalue weighted by molar-refractivity contribution is -0.384.